The van der Waals surface area contributed by atoms with Crippen LogP contribution in [0.5, 0.6) is 5.75 Å². The first-order valence-electron chi connectivity index (χ1n) is 9.00. The van der Waals surface area contributed by atoms with E-state index in [4.69, 9.17) is 9.47 Å². The topological polar surface area (TPSA) is 42.0 Å². The summed E-state index contributed by atoms with van der Waals surface area (Å²) in [6.45, 7) is 10.9. The van der Waals surface area contributed by atoms with Crippen LogP contribution in [-0.4, -0.2) is 62.2 Å². The van der Waals surface area contributed by atoms with Gasteiger partial charge >= 0.3 is 0 Å². The maximum Gasteiger partial charge on any atom is 0.227 e. The van der Waals surface area contributed by atoms with E-state index < -0.39 is 0 Å². The molecule has 1 heterocycles. The smallest absolute Gasteiger partial charge is 0.227 e. The van der Waals surface area contributed by atoms with Crippen LogP contribution in [0.25, 0.3) is 0 Å². The molecule has 5 nitrogen and oxygen atoms in total. The number of benzene rings is 1. The van der Waals surface area contributed by atoms with E-state index in [-0.39, 0.29) is 11.8 Å². The summed E-state index contributed by atoms with van der Waals surface area (Å²) in [6.07, 6.45) is 2.71. The van der Waals surface area contributed by atoms with E-state index in [1.54, 1.807) is 13.2 Å². The number of hydrogen-bond acceptors (Lipinski definition) is 4. The first-order valence-corrected chi connectivity index (χ1v) is 9.00. The molecule has 0 N–H and O–H groups in total. The summed E-state index contributed by atoms with van der Waals surface area (Å²) in [5.41, 5.74) is 1.08. The van der Waals surface area contributed by atoms with Crippen LogP contribution >= 0.6 is 0 Å². The van der Waals surface area contributed by atoms with Crippen molar-refractivity contribution < 1.29 is 14.3 Å². The van der Waals surface area contributed by atoms with Gasteiger partial charge in [0.05, 0.1) is 19.1 Å². The number of amides is 1. The molecule has 0 aliphatic carbocycles. The molecular formula is C20H30N2O3. The number of likely N-dealkylation sites (tertiary alicyclic amines) is 1. The van der Waals surface area contributed by atoms with Crippen LogP contribution in [0, 0.1) is 5.92 Å². The van der Waals surface area contributed by atoms with E-state index >= 15 is 0 Å². The van der Waals surface area contributed by atoms with Gasteiger partial charge in [0.1, 0.15) is 5.75 Å². The zero-order chi connectivity index (χ0) is 18.1. The highest BCUT2D eigenvalue weighted by atomic mass is 16.5. The Labute approximate surface area is 151 Å². The van der Waals surface area contributed by atoms with Crippen molar-refractivity contribution in [1.82, 2.24) is 9.80 Å². The highest BCUT2D eigenvalue weighted by Crippen LogP contribution is 2.21. The number of ether oxygens (including phenoxy) is 2. The standard InChI is InChI=1S/C20H30N2O3/c1-4-10-22(15-17-7-6-8-19(14-17)25-5-2)20(23)18-9-11-21(16-18)12-13-24-3/h4,6-8,14,18H,1,5,9-13,15-16H2,2-3H3/t18-/m1/s1. The monoisotopic (exact) mass is 346 g/mol. The van der Waals surface area contributed by atoms with Crippen molar-refractivity contribution in [1.29, 1.82) is 0 Å². The molecule has 0 saturated carbocycles. The Kier molecular flexibility index (Phi) is 7.95. The van der Waals surface area contributed by atoms with E-state index in [0.29, 0.717) is 26.3 Å². The molecule has 138 valence electrons. The van der Waals surface area contributed by atoms with Crippen molar-refractivity contribution in [2.45, 2.75) is 19.9 Å². The van der Waals surface area contributed by atoms with Crippen LogP contribution < -0.4 is 4.74 Å². The third kappa shape index (κ3) is 5.87. The van der Waals surface area contributed by atoms with E-state index in [2.05, 4.69) is 11.5 Å². The van der Waals surface area contributed by atoms with Crippen molar-refractivity contribution >= 4 is 5.91 Å². The molecule has 5 heteroatoms. The molecule has 1 fully saturated rings. The highest BCUT2D eigenvalue weighted by molar-refractivity contribution is 5.79. The lowest BCUT2D eigenvalue weighted by molar-refractivity contribution is -0.135. The second-order valence-corrected chi connectivity index (χ2v) is 6.37. The molecule has 2 rings (SSSR count). The third-order valence-electron chi connectivity index (χ3n) is 4.48. The Balaban J connectivity index is 1.98. The van der Waals surface area contributed by atoms with Crippen LogP contribution in [-0.2, 0) is 16.1 Å². The first kappa shape index (κ1) is 19.5. The number of rotatable bonds is 10. The molecule has 0 bridgehead atoms. The van der Waals surface area contributed by atoms with Gasteiger partial charge in [-0.1, -0.05) is 18.2 Å². The van der Waals surface area contributed by atoms with Gasteiger partial charge in [0.15, 0.2) is 0 Å². The summed E-state index contributed by atoms with van der Waals surface area (Å²) in [7, 11) is 1.71. The van der Waals surface area contributed by atoms with Gasteiger partial charge in [-0.3, -0.25) is 4.79 Å². The summed E-state index contributed by atoms with van der Waals surface area (Å²) in [5.74, 6) is 1.12. The fourth-order valence-corrected chi connectivity index (χ4v) is 3.22. The van der Waals surface area contributed by atoms with E-state index in [0.717, 1.165) is 37.4 Å². The minimum absolute atomic E-state index is 0.0619. The minimum atomic E-state index is 0.0619. The van der Waals surface area contributed by atoms with Crippen molar-refractivity contribution in [3.63, 3.8) is 0 Å². The fraction of sp³-hybridized carbons (Fsp3) is 0.550. The third-order valence-corrected chi connectivity index (χ3v) is 4.48. The Bertz CT molecular complexity index is 562. The molecule has 0 spiro atoms. The summed E-state index contributed by atoms with van der Waals surface area (Å²) in [5, 5.41) is 0. The molecule has 1 aliphatic heterocycles. The average Bonchev–Trinajstić information content (AvgIpc) is 3.08. The Morgan fingerprint density at radius 1 is 1.48 bits per heavy atom. The molecule has 25 heavy (non-hydrogen) atoms. The lowest BCUT2D eigenvalue weighted by atomic mass is 10.1. The average molecular weight is 346 g/mol. The maximum absolute atomic E-state index is 13.0. The molecule has 1 saturated heterocycles. The Morgan fingerprint density at radius 3 is 3.04 bits per heavy atom. The molecule has 0 radical (unpaired) electrons. The van der Waals surface area contributed by atoms with Gasteiger partial charge < -0.3 is 19.3 Å². The van der Waals surface area contributed by atoms with Gasteiger partial charge in [-0.05, 0) is 37.6 Å². The van der Waals surface area contributed by atoms with Gasteiger partial charge in [0, 0.05) is 33.3 Å². The largest absolute Gasteiger partial charge is 0.494 e. The molecule has 0 unspecified atom stereocenters. The lowest BCUT2D eigenvalue weighted by Crippen LogP contribution is -2.37. The molecule has 0 aromatic heterocycles. The quantitative estimate of drug-likeness (QED) is 0.611. The van der Waals surface area contributed by atoms with Gasteiger partial charge in [-0.15, -0.1) is 6.58 Å². The molecule has 1 aromatic carbocycles. The van der Waals surface area contributed by atoms with Gasteiger partial charge in [0.2, 0.25) is 5.91 Å². The predicted octanol–water partition coefficient (Wildman–Crippen LogP) is 2.57. The molecule has 1 aliphatic rings. The van der Waals surface area contributed by atoms with Gasteiger partial charge in [-0.2, -0.15) is 0 Å². The summed E-state index contributed by atoms with van der Waals surface area (Å²) >= 11 is 0. The van der Waals surface area contributed by atoms with Gasteiger partial charge in [-0.25, -0.2) is 0 Å². The lowest BCUT2D eigenvalue weighted by Gasteiger charge is -2.25. The zero-order valence-corrected chi connectivity index (χ0v) is 15.4. The molecule has 1 amide bonds. The predicted molar refractivity (Wildman–Crippen MR) is 99.6 cm³/mol. The number of nitrogens with zero attached hydrogens (tertiary/aromatic N) is 2. The Hall–Kier alpha value is -1.85. The maximum atomic E-state index is 13.0. The van der Waals surface area contributed by atoms with Crippen molar-refractivity contribution in [3.05, 3.63) is 42.5 Å². The van der Waals surface area contributed by atoms with Crippen LogP contribution in [0.1, 0.15) is 18.9 Å². The molecule has 1 atom stereocenters. The van der Waals surface area contributed by atoms with Crippen molar-refractivity contribution in [3.8, 4) is 5.75 Å². The zero-order valence-electron chi connectivity index (χ0n) is 15.4. The fourth-order valence-electron chi connectivity index (χ4n) is 3.22. The molecule has 1 aromatic rings. The van der Waals surface area contributed by atoms with Crippen LogP contribution in [0.4, 0.5) is 0 Å². The SMILES string of the molecule is C=CCN(Cc1cccc(OCC)c1)C(=O)[C@@H]1CCN(CCOC)C1. The van der Waals surface area contributed by atoms with Gasteiger partial charge in [0.25, 0.3) is 0 Å². The summed E-state index contributed by atoms with van der Waals surface area (Å²) in [4.78, 5) is 17.1. The van der Waals surface area contributed by atoms with Crippen molar-refractivity contribution in [2.75, 3.05) is 46.5 Å². The number of methoxy groups -OCH3 is 1. The van der Waals surface area contributed by atoms with Crippen molar-refractivity contribution in [2.24, 2.45) is 5.92 Å². The number of carbonyl (C=O) groups excluding carboxylic acids is 1. The van der Waals surface area contributed by atoms with E-state index in [9.17, 15) is 4.79 Å². The number of hydrogen-bond donors (Lipinski definition) is 0. The van der Waals surface area contributed by atoms with E-state index in [1.165, 1.54) is 0 Å². The second kappa shape index (κ2) is 10.2. The normalized spacial score (nSPS) is 17.4. The van der Waals surface area contributed by atoms with Crippen LogP contribution in [0.15, 0.2) is 36.9 Å². The summed E-state index contributed by atoms with van der Waals surface area (Å²) in [6, 6.07) is 7.95. The second-order valence-electron chi connectivity index (χ2n) is 6.37. The molecular weight excluding hydrogens is 316 g/mol. The minimum Gasteiger partial charge on any atom is -0.494 e. The van der Waals surface area contributed by atoms with Crippen LogP contribution in [0.3, 0.4) is 0 Å². The van der Waals surface area contributed by atoms with Crippen LogP contribution in [0.2, 0.25) is 0 Å². The Morgan fingerprint density at radius 2 is 2.32 bits per heavy atom. The highest BCUT2D eigenvalue weighted by Gasteiger charge is 2.30. The van der Waals surface area contributed by atoms with E-state index in [1.807, 2.05) is 36.1 Å². The number of carbonyl (C=O) groups is 1. The summed E-state index contributed by atoms with van der Waals surface area (Å²) < 4.78 is 10.7. The first-order chi connectivity index (χ1) is 12.2.